The molecule has 4 rings (SSSR count). The molecule has 30 heavy (non-hydrogen) atoms. The molecule has 1 saturated heterocycles. The Kier molecular flexibility index (Phi) is 5.65. The van der Waals surface area contributed by atoms with Gasteiger partial charge in [-0.05, 0) is 46.9 Å². The summed E-state index contributed by atoms with van der Waals surface area (Å²) in [6, 6.07) is 6.44. The molecule has 5 N–H and O–H groups in total. The standard InChI is InChI=1S/C18H19FIN5O5/c19-18(20)14(27)12(8-26)30-16(18)25-6-3-13(24-17(25)29)23-15(28)9-1-2-10-11(7-9)22-5-4-21-10/h1-3,6-7,12,14,16,21-22,26-27H,4-5,8H2,(H,23,24,28,29)/t12-,14-,16?,18?/m1/s1. The molecule has 1 amide bonds. The number of nitrogens with zero attached hydrogens (tertiary/aromatic N) is 2. The van der Waals surface area contributed by atoms with Crippen LogP contribution in [0.3, 0.4) is 0 Å². The number of benzene rings is 1. The van der Waals surface area contributed by atoms with Gasteiger partial charge in [-0.2, -0.15) is 4.98 Å². The number of carbonyl (C=O) groups is 1. The zero-order chi connectivity index (χ0) is 21.5. The quantitative estimate of drug-likeness (QED) is 0.287. The van der Waals surface area contributed by atoms with E-state index < -0.39 is 40.3 Å². The van der Waals surface area contributed by atoms with Crippen LogP contribution in [0.4, 0.5) is 21.6 Å². The predicted octanol–water partition coefficient (Wildman–Crippen LogP) is 0.684. The number of halogens is 2. The summed E-state index contributed by atoms with van der Waals surface area (Å²) in [7, 11) is 0. The molecule has 2 aliphatic rings. The van der Waals surface area contributed by atoms with Crippen molar-refractivity contribution in [3.63, 3.8) is 0 Å². The molecule has 12 heteroatoms. The molecule has 1 fully saturated rings. The van der Waals surface area contributed by atoms with Gasteiger partial charge in [0.15, 0.2) is 6.23 Å². The lowest BCUT2D eigenvalue weighted by molar-refractivity contribution is -0.0499. The maximum Gasteiger partial charge on any atom is 0.351 e. The Morgan fingerprint density at radius 1 is 1.37 bits per heavy atom. The number of rotatable bonds is 4. The molecular weight excluding hydrogens is 512 g/mol. The van der Waals surface area contributed by atoms with E-state index in [1.54, 1.807) is 18.2 Å². The summed E-state index contributed by atoms with van der Waals surface area (Å²) in [6.45, 7) is 0.921. The van der Waals surface area contributed by atoms with E-state index in [4.69, 9.17) is 4.74 Å². The van der Waals surface area contributed by atoms with Crippen molar-refractivity contribution in [3.05, 3.63) is 46.5 Å². The molecule has 160 valence electrons. The second-order valence-electron chi connectivity index (χ2n) is 6.90. The fourth-order valence-electron chi connectivity index (χ4n) is 3.35. The second kappa shape index (κ2) is 8.09. The van der Waals surface area contributed by atoms with E-state index in [1.165, 1.54) is 34.9 Å². The van der Waals surface area contributed by atoms with Crippen LogP contribution in [-0.4, -0.2) is 61.3 Å². The van der Waals surface area contributed by atoms with Crippen LogP contribution in [0.15, 0.2) is 35.3 Å². The number of anilines is 3. The minimum atomic E-state index is -2.34. The van der Waals surface area contributed by atoms with Gasteiger partial charge >= 0.3 is 5.69 Å². The Bertz CT molecular complexity index is 1030. The highest BCUT2D eigenvalue weighted by Gasteiger charge is 2.56. The molecule has 0 radical (unpaired) electrons. The van der Waals surface area contributed by atoms with Crippen LogP contribution >= 0.6 is 22.6 Å². The van der Waals surface area contributed by atoms with Gasteiger partial charge in [-0.1, -0.05) is 0 Å². The van der Waals surface area contributed by atoms with Gasteiger partial charge < -0.3 is 30.9 Å². The normalized spacial score (nSPS) is 27.7. The topological polar surface area (TPSA) is 138 Å². The van der Waals surface area contributed by atoms with Crippen molar-refractivity contribution < 1.29 is 24.1 Å². The third-order valence-corrected chi connectivity index (χ3v) is 6.09. The van der Waals surface area contributed by atoms with Crippen LogP contribution in [0, 0.1) is 0 Å². The maximum absolute atomic E-state index is 14.9. The highest BCUT2D eigenvalue weighted by molar-refractivity contribution is 14.1. The first-order valence-corrected chi connectivity index (χ1v) is 10.2. The number of carbonyl (C=O) groups excluding carboxylic acids is 1. The number of aliphatic hydroxyl groups is 2. The van der Waals surface area contributed by atoms with E-state index in [2.05, 4.69) is 20.9 Å². The first-order chi connectivity index (χ1) is 14.3. The van der Waals surface area contributed by atoms with E-state index in [-0.39, 0.29) is 5.82 Å². The van der Waals surface area contributed by atoms with Gasteiger partial charge in [-0.15, -0.1) is 0 Å². The summed E-state index contributed by atoms with van der Waals surface area (Å²) in [5.74, 6) is -0.475. The van der Waals surface area contributed by atoms with Gasteiger partial charge in [0.1, 0.15) is 18.0 Å². The summed E-state index contributed by atoms with van der Waals surface area (Å²) in [5.41, 5.74) is 1.19. The molecule has 0 spiro atoms. The predicted molar refractivity (Wildman–Crippen MR) is 115 cm³/mol. The molecule has 2 unspecified atom stereocenters. The lowest BCUT2D eigenvalue weighted by Gasteiger charge is -2.23. The first-order valence-electron chi connectivity index (χ1n) is 9.16. The third-order valence-electron chi connectivity index (χ3n) is 4.92. The summed E-state index contributed by atoms with van der Waals surface area (Å²) < 4.78 is 18.7. The van der Waals surface area contributed by atoms with E-state index in [0.717, 1.165) is 29.0 Å². The molecule has 4 atom stereocenters. The summed E-state index contributed by atoms with van der Waals surface area (Å²) in [5, 5.41) is 28.1. The van der Waals surface area contributed by atoms with Crippen molar-refractivity contribution in [2.24, 2.45) is 0 Å². The van der Waals surface area contributed by atoms with Gasteiger partial charge in [-0.25, -0.2) is 9.18 Å². The highest BCUT2D eigenvalue weighted by Crippen LogP contribution is 2.45. The highest BCUT2D eigenvalue weighted by atomic mass is 127. The molecule has 0 aliphatic carbocycles. The smallest absolute Gasteiger partial charge is 0.351 e. The van der Waals surface area contributed by atoms with Crippen LogP contribution in [0.25, 0.3) is 0 Å². The number of hydrogen-bond donors (Lipinski definition) is 5. The SMILES string of the molecule is O=C(Nc1ccn(C2O[C@H](CO)[C@@H](O)C2(F)I)c(=O)n1)c1ccc2c(c1)NCCN2. The van der Waals surface area contributed by atoms with Crippen LogP contribution < -0.4 is 21.6 Å². The molecule has 3 heterocycles. The number of hydrogen-bond acceptors (Lipinski definition) is 8. The van der Waals surface area contributed by atoms with Gasteiger partial charge in [0.05, 0.1) is 18.0 Å². The number of aliphatic hydroxyl groups excluding tert-OH is 2. The number of nitrogens with one attached hydrogen (secondary N) is 3. The molecular formula is C18H19FIN5O5. The van der Waals surface area contributed by atoms with E-state index in [0.29, 0.717) is 5.56 Å². The lowest BCUT2D eigenvalue weighted by atomic mass is 10.1. The summed E-state index contributed by atoms with van der Waals surface area (Å²) in [4.78, 5) is 28.7. The van der Waals surface area contributed by atoms with Gasteiger partial charge in [0.25, 0.3) is 5.91 Å². The largest absolute Gasteiger partial charge is 0.394 e. The van der Waals surface area contributed by atoms with Crippen LogP contribution in [-0.2, 0) is 4.74 Å². The molecule has 2 aromatic rings. The Morgan fingerprint density at radius 3 is 2.77 bits per heavy atom. The van der Waals surface area contributed by atoms with Gasteiger partial charge in [0.2, 0.25) is 3.68 Å². The Morgan fingerprint density at radius 2 is 2.10 bits per heavy atom. The molecule has 2 aliphatic heterocycles. The average molecular weight is 531 g/mol. The zero-order valence-electron chi connectivity index (χ0n) is 15.5. The molecule has 1 aromatic heterocycles. The summed E-state index contributed by atoms with van der Waals surface area (Å²) in [6.07, 6.45) is -3.05. The van der Waals surface area contributed by atoms with Crippen LogP contribution in [0.2, 0.25) is 0 Å². The maximum atomic E-state index is 14.9. The molecule has 0 bridgehead atoms. The van der Waals surface area contributed by atoms with Crippen molar-refractivity contribution in [1.82, 2.24) is 9.55 Å². The number of amides is 1. The van der Waals surface area contributed by atoms with Gasteiger partial charge in [-0.3, -0.25) is 9.36 Å². The minimum Gasteiger partial charge on any atom is -0.394 e. The van der Waals surface area contributed by atoms with E-state index in [9.17, 15) is 24.2 Å². The molecule has 10 nitrogen and oxygen atoms in total. The first kappa shape index (κ1) is 21.0. The Balaban J connectivity index is 1.53. The van der Waals surface area contributed by atoms with E-state index in [1.807, 2.05) is 0 Å². The summed E-state index contributed by atoms with van der Waals surface area (Å²) >= 11 is 1.35. The Labute approximate surface area is 183 Å². The zero-order valence-corrected chi connectivity index (χ0v) is 17.7. The molecule has 0 saturated carbocycles. The number of alkyl halides is 2. The van der Waals surface area contributed by atoms with Crippen molar-refractivity contribution in [2.75, 3.05) is 35.6 Å². The fraction of sp³-hybridized carbons (Fsp3) is 0.389. The van der Waals surface area contributed by atoms with Crippen LogP contribution in [0.5, 0.6) is 0 Å². The van der Waals surface area contributed by atoms with Crippen molar-refractivity contribution >= 4 is 45.7 Å². The number of fused-ring (bicyclic) bond motifs is 1. The third kappa shape index (κ3) is 3.75. The average Bonchev–Trinajstić information content (AvgIpc) is 2.96. The van der Waals surface area contributed by atoms with Crippen molar-refractivity contribution in [1.29, 1.82) is 0 Å². The number of aromatic nitrogens is 2. The Hall–Kier alpha value is -2.29. The second-order valence-corrected chi connectivity index (χ2v) is 8.55. The van der Waals surface area contributed by atoms with Crippen LogP contribution in [0.1, 0.15) is 16.6 Å². The molecule has 1 aromatic carbocycles. The van der Waals surface area contributed by atoms with E-state index >= 15 is 0 Å². The fourth-order valence-corrected chi connectivity index (χ4v) is 4.20. The van der Waals surface area contributed by atoms with Crippen molar-refractivity contribution in [2.45, 2.75) is 22.1 Å². The lowest BCUT2D eigenvalue weighted by Crippen LogP contribution is -2.40. The van der Waals surface area contributed by atoms with Crippen molar-refractivity contribution in [3.8, 4) is 0 Å². The monoisotopic (exact) mass is 531 g/mol. The minimum absolute atomic E-state index is 0.0137. The van der Waals surface area contributed by atoms with Gasteiger partial charge in [0, 0.05) is 24.8 Å². The number of ether oxygens (including phenoxy) is 1.